The van der Waals surface area contributed by atoms with Crippen molar-refractivity contribution in [3.05, 3.63) is 12.7 Å². The Morgan fingerprint density at radius 1 is 1.58 bits per heavy atom. The SMILES string of the molecule is C=CC1CC(=O)N(CCCNC(=O)OC(C)(C)C)C1. The number of carbonyl (C=O) groups is 2. The fraction of sp³-hybridized carbons (Fsp3) is 0.714. The minimum absolute atomic E-state index is 0.169. The van der Waals surface area contributed by atoms with E-state index < -0.39 is 11.7 Å². The van der Waals surface area contributed by atoms with Gasteiger partial charge in [0.15, 0.2) is 0 Å². The number of nitrogens with zero attached hydrogens (tertiary/aromatic N) is 1. The summed E-state index contributed by atoms with van der Waals surface area (Å²) in [5.74, 6) is 0.438. The minimum atomic E-state index is -0.480. The molecule has 5 heteroatoms. The lowest BCUT2D eigenvalue weighted by molar-refractivity contribution is -0.127. The highest BCUT2D eigenvalue weighted by molar-refractivity contribution is 5.78. The molecule has 1 saturated heterocycles. The molecule has 19 heavy (non-hydrogen) atoms. The summed E-state index contributed by atoms with van der Waals surface area (Å²) < 4.78 is 5.12. The van der Waals surface area contributed by atoms with Gasteiger partial charge in [-0.2, -0.15) is 0 Å². The lowest BCUT2D eigenvalue weighted by Crippen LogP contribution is -2.34. The van der Waals surface area contributed by atoms with Crippen molar-refractivity contribution in [3.63, 3.8) is 0 Å². The van der Waals surface area contributed by atoms with Gasteiger partial charge in [0.25, 0.3) is 0 Å². The largest absolute Gasteiger partial charge is 0.444 e. The number of alkyl carbamates (subject to hydrolysis) is 1. The molecule has 2 amide bonds. The molecule has 0 radical (unpaired) electrons. The van der Waals surface area contributed by atoms with Crippen LogP contribution in [0, 0.1) is 5.92 Å². The van der Waals surface area contributed by atoms with E-state index in [1.54, 1.807) is 0 Å². The third-order valence-corrected chi connectivity index (χ3v) is 2.85. The van der Waals surface area contributed by atoms with E-state index in [-0.39, 0.29) is 11.8 Å². The quantitative estimate of drug-likeness (QED) is 0.612. The molecule has 0 spiro atoms. The van der Waals surface area contributed by atoms with Crippen LogP contribution in [0.25, 0.3) is 0 Å². The molecule has 1 aliphatic heterocycles. The number of nitrogens with one attached hydrogen (secondary N) is 1. The van der Waals surface area contributed by atoms with Gasteiger partial charge in [-0.3, -0.25) is 4.79 Å². The summed E-state index contributed by atoms with van der Waals surface area (Å²) in [5, 5.41) is 2.68. The van der Waals surface area contributed by atoms with Gasteiger partial charge in [0.05, 0.1) is 0 Å². The van der Waals surface area contributed by atoms with Gasteiger partial charge in [-0.1, -0.05) is 6.08 Å². The van der Waals surface area contributed by atoms with Gasteiger partial charge in [-0.25, -0.2) is 4.79 Å². The molecule has 1 aliphatic rings. The fourth-order valence-corrected chi connectivity index (χ4v) is 1.95. The van der Waals surface area contributed by atoms with Crippen LogP contribution >= 0.6 is 0 Å². The molecule has 1 unspecified atom stereocenters. The van der Waals surface area contributed by atoms with Crippen molar-refractivity contribution in [1.82, 2.24) is 10.2 Å². The number of likely N-dealkylation sites (tertiary alicyclic amines) is 1. The smallest absolute Gasteiger partial charge is 0.407 e. The first-order chi connectivity index (χ1) is 8.81. The molecule has 1 N–H and O–H groups in total. The highest BCUT2D eigenvalue weighted by Gasteiger charge is 2.26. The third kappa shape index (κ3) is 5.77. The van der Waals surface area contributed by atoms with Crippen LogP contribution in [-0.2, 0) is 9.53 Å². The van der Waals surface area contributed by atoms with Crippen LogP contribution in [0.3, 0.4) is 0 Å². The Morgan fingerprint density at radius 3 is 2.79 bits per heavy atom. The van der Waals surface area contributed by atoms with E-state index in [0.717, 1.165) is 13.0 Å². The highest BCUT2D eigenvalue weighted by atomic mass is 16.6. The molecule has 0 bridgehead atoms. The van der Waals surface area contributed by atoms with Gasteiger partial charge in [-0.15, -0.1) is 6.58 Å². The predicted octanol–water partition coefficient (Wildman–Crippen LogP) is 1.94. The zero-order chi connectivity index (χ0) is 14.5. The summed E-state index contributed by atoms with van der Waals surface area (Å²) in [5.41, 5.74) is -0.480. The second kappa shape index (κ2) is 6.59. The highest BCUT2D eigenvalue weighted by Crippen LogP contribution is 2.18. The Balaban J connectivity index is 2.16. The Bertz CT molecular complexity index is 347. The van der Waals surface area contributed by atoms with Crippen molar-refractivity contribution in [2.45, 2.75) is 39.2 Å². The molecule has 0 aromatic heterocycles. The molecule has 1 rings (SSSR count). The van der Waals surface area contributed by atoms with Crippen LogP contribution in [0.15, 0.2) is 12.7 Å². The number of ether oxygens (including phenoxy) is 1. The molecule has 0 aromatic rings. The summed E-state index contributed by atoms with van der Waals surface area (Å²) in [4.78, 5) is 24.8. The topological polar surface area (TPSA) is 58.6 Å². The molecule has 0 aliphatic carbocycles. The Hall–Kier alpha value is -1.52. The minimum Gasteiger partial charge on any atom is -0.444 e. The van der Waals surface area contributed by atoms with Crippen molar-refractivity contribution in [2.75, 3.05) is 19.6 Å². The van der Waals surface area contributed by atoms with E-state index in [1.807, 2.05) is 31.7 Å². The van der Waals surface area contributed by atoms with Crippen molar-refractivity contribution < 1.29 is 14.3 Å². The van der Waals surface area contributed by atoms with E-state index in [1.165, 1.54) is 0 Å². The Labute approximate surface area is 115 Å². The Kier molecular flexibility index (Phi) is 5.39. The van der Waals surface area contributed by atoms with Gasteiger partial charge < -0.3 is 15.0 Å². The molecule has 0 saturated carbocycles. The molecule has 108 valence electrons. The van der Waals surface area contributed by atoms with E-state index in [9.17, 15) is 9.59 Å². The summed E-state index contributed by atoms with van der Waals surface area (Å²) >= 11 is 0. The first-order valence-corrected chi connectivity index (χ1v) is 6.69. The second-order valence-electron chi connectivity index (χ2n) is 5.82. The summed E-state index contributed by atoms with van der Waals surface area (Å²) in [7, 11) is 0. The molecule has 5 nitrogen and oxygen atoms in total. The maximum atomic E-state index is 11.6. The van der Waals surface area contributed by atoms with Crippen LogP contribution < -0.4 is 5.32 Å². The van der Waals surface area contributed by atoms with E-state index in [4.69, 9.17) is 4.74 Å². The number of amides is 2. The molecule has 0 aromatic carbocycles. The second-order valence-corrected chi connectivity index (χ2v) is 5.82. The van der Waals surface area contributed by atoms with Crippen molar-refractivity contribution >= 4 is 12.0 Å². The van der Waals surface area contributed by atoms with Crippen LogP contribution in [-0.4, -0.2) is 42.1 Å². The van der Waals surface area contributed by atoms with Gasteiger partial charge >= 0.3 is 6.09 Å². The zero-order valence-electron chi connectivity index (χ0n) is 12.1. The van der Waals surface area contributed by atoms with Gasteiger partial charge in [0, 0.05) is 32.0 Å². The van der Waals surface area contributed by atoms with E-state index in [2.05, 4.69) is 11.9 Å². The van der Waals surface area contributed by atoms with Crippen LogP contribution in [0.2, 0.25) is 0 Å². The number of hydrogen-bond donors (Lipinski definition) is 1. The van der Waals surface area contributed by atoms with E-state index >= 15 is 0 Å². The summed E-state index contributed by atoms with van der Waals surface area (Å²) in [6.07, 6.45) is 2.71. The average Bonchev–Trinajstić information content (AvgIpc) is 2.63. The first kappa shape index (κ1) is 15.5. The molecule has 1 atom stereocenters. The maximum Gasteiger partial charge on any atom is 0.407 e. The zero-order valence-corrected chi connectivity index (χ0v) is 12.1. The average molecular weight is 268 g/mol. The summed E-state index contributed by atoms with van der Waals surface area (Å²) in [6.45, 7) is 11.1. The number of hydrogen-bond acceptors (Lipinski definition) is 3. The number of rotatable bonds is 5. The van der Waals surface area contributed by atoms with Gasteiger partial charge in [0.2, 0.25) is 5.91 Å². The third-order valence-electron chi connectivity index (χ3n) is 2.85. The van der Waals surface area contributed by atoms with E-state index in [0.29, 0.717) is 19.5 Å². The van der Waals surface area contributed by atoms with Crippen molar-refractivity contribution in [2.24, 2.45) is 5.92 Å². The number of carbonyl (C=O) groups excluding carboxylic acids is 2. The molecular weight excluding hydrogens is 244 g/mol. The van der Waals surface area contributed by atoms with Gasteiger partial charge in [-0.05, 0) is 27.2 Å². The van der Waals surface area contributed by atoms with Crippen LogP contribution in [0.5, 0.6) is 0 Å². The van der Waals surface area contributed by atoms with Crippen LogP contribution in [0.1, 0.15) is 33.6 Å². The van der Waals surface area contributed by atoms with Crippen molar-refractivity contribution in [1.29, 1.82) is 0 Å². The molecule has 1 fully saturated rings. The molecular formula is C14H24N2O3. The normalized spacial score (nSPS) is 19.4. The van der Waals surface area contributed by atoms with Crippen molar-refractivity contribution in [3.8, 4) is 0 Å². The standard InChI is InChI=1S/C14H24N2O3/c1-5-11-9-12(17)16(10-11)8-6-7-15-13(18)19-14(2,3)4/h5,11H,1,6-10H2,2-4H3,(H,15,18). The lowest BCUT2D eigenvalue weighted by Gasteiger charge is -2.20. The fourth-order valence-electron chi connectivity index (χ4n) is 1.95. The Morgan fingerprint density at radius 2 is 2.26 bits per heavy atom. The summed E-state index contributed by atoms with van der Waals surface area (Å²) in [6, 6.07) is 0. The first-order valence-electron chi connectivity index (χ1n) is 6.69. The predicted molar refractivity (Wildman–Crippen MR) is 73.7 cm³/mol. The molecule has 1 heterocycles. The lowest BCUT2D eigenvalue weighted by atomic mass is 10.1. The van der Waals surface area contributed by atoms with Crippen LogP contribution in [0.4, 0.5) is 4.79 Å². The maximum absolute atomic E-state index is 11.6. The monoisotopic (exact) mass is 268 g/mol. The van der Waals surface area contributed by atoms with Gasteiger partial charge in [0.1, 0.15) is 5.60 Å².